The third-order valence-electron chi connectivity index (χ3n) is 6.26. The van der Waals surface area contributed by atoms with Gasteiger partial charge in [0.2, 0.25) is 0 Å². The molecule has 4 rings (SSSR count). The maximum absolute atomic E-state index is 13.2. The van der Waals surface area contributed by atoms with Gasteiger partial charge in [0, 0.05) is 16.0 Å². The Labute approximate surface area is 213 Å². The van der Waals surface area contributed by atoms with Crippen LogP contribution in [0.4, 0.5) is 0 Å². The smallest absolute Gasteiger partial charge is 0.125 e. The van der Waals surface area contributed by atoms with Gasteiger partial charge in [0.15, 0.2) is 0 Å². The SMILES string of the molecule is CC.COc1ccc(-c2ccc(C)cc2)cc1CS(=O)c1ccc(C(N)=NC2CCCCC2)cc1. The predicted octanol–water partition coefficient (Wildman–Crippen LogP) is 7.04. The molecule has 0 bridgehead atoms. The fraction of sp³-hybridized carbons (Fsp3) is 0.367. The molecule has 35 heavy (non-hydrogen) atoms. The fourth-order valence-corrected chi connectivity index (χ4v) is 5.41. The van der Waals surface area contributed by atoms with Gasteiger partial charge in [-0.05, 0) is 55.2 Å². The summed E-state index contributed by atoms with van der Waals surface area (Å²) in [5.41, 5.74) is 11.5. The Bertz CT molecular complexity index is 1130. The Kier molecular flexibility index (Phi) is 10.1. The molecule has 1 unspecified atom stereocenters. The summed E-state index contributed by atoms with van der Waals surface area (Å²) in [6.45, 7) is 6.08. The molecule has 2 N–H and O–H groups in total. The summed E-state index contributed by atoms with van der Waals surface area (Å²) >= 11 is 0. The van der Waals surface area contributed by atoms with Gasteiger partial charge < -0.3 is 10.5 Å². The number of nitrogens with two attached hydrogens (primary N) is 1. The molecule has 186 valence electrons. The van der Waals surface area contributed by atoms with Crippen molar-refractivity contribution in [3.8, 4) is 16.9 Å². The molecule has 0 amide bonds. The van der Waals surface area contributed by atoms with Gasteiger partial charge in [0.25, 0.3) is 0 Å². The zero-order valence-corrected chi connectivity index (χ0v) is 22.2. The van der Waals surface area contributed by atoms with Crippen molar-refractivity contribution in [2.45, 2.75) is 69.6 Å². The third kappa shape index (κ3) is 7.28. The van der Waals surface area contributed by atoms with E-state index in [1.165, 1.54) is 24.8 Å². The molecule has 0 aliphatic heterocycles. The highest BCUT2D eigenvalue weighted by Gasteiger charge is 2.14. The van der Waals surface area contributed by atoms with Crippen molar-refractivity contribution in [3.63, 3.8) is 0 Å². The van der Waals surface area contributed by atoms with E-state index in [1.807, 2.05) is 50.2 Å². The van der Waals surface area contributed by atoms with Crippen LogP contribution in [-0.2, 0) is 16.6 Å². The highest BCUT2D eigenvalue weighted by Crippen LogP contribution is 2.29. The zero-order valence-electron chi connectivity index (χ0n) is 21.4. The maximum Gasteiger partial charge on any atom is 0.125 e. The highest BCUT2D eigenvalue weighted by atomic mass is 32.2. The van der Waals surface area contributed by atoms with E-state index >= 15 is 0 Å². The minimum atomic E-state index is -1.20. The van der Waals surface area contributed by atoms with Crippen molar-refractivity contribution in [3.05, 3.63) is 83.4 Å². The molecule has 5 heteroatoms. The van der Waals surface area contributed by atoms with Crippen LogP contribution in [0.15, 0.2) is 76.6 Å². The van der Waals surface area contributed by atoms with Crippen LogP contribution in [-0.4, -0.2) is 23.2 Å². The number of aryl methyl sites for hydroxylation is 1. The Hall–Kier alpha value is -2.92. The first kappa shape index (κ1) is 26.7. The maximum atomic E-state index is 13.2. The molecular formula is C30H38N2O2S. The van der Waals surface area contributed by atoms with E-state index in [0.29, 0.717) is 17.6 Å². The average molecular weight is 491 g/mol. The largest absolute Gasteiger partial charge is 0.496 e. The minimum Gasteiger partial charge on any atom is -0.496 e. The van der Waals surface area contributed by atoms with Crippen LogP contribution in [0.2, 0.25) is 0 Å². The number of aliphatic imine (C=N–C) groups is 1. The van der Waals surface area contributed by atoms with Gasteiger partial charge in [-0.1, -0.05) is 81.1 Å². The molecule has 0 saturated heterocycles. The van der Waals surface area contributed by atoms with Crippen molar-refractivity contribution >= 4 is 16.6 Å². The second-order valence-electron chi connectivity index (χ2n) is 8.71. The number of ether oxygens (including phenoxy) is 1. The minimum absolute atomic E-state index is 0.334. The average Bonchev–Trinajstić information content (AvgIpc) is 2.91. The molecule has 0 heterocycles. The molecule has 0 aromatic heterocycles. The van der Waals surface area contributed by atoms with Crippen LogP contribution in [0.1, 0.15) is 62.6 Å². The first-order valence-electron chi connectivity index (χ1n) is 12.6. The number of rotatable bonds is 7. The molecule has 1 aliphatic rings. The van der Waals surface area contributed by atoms with E-state index in [9.17, 15) is 4.21 Å². The van der Waals surface area contributed by atoms with Gasteiger partial charge in [-0.2, -0.15) is 0 Å². The lowest BCUT2D eigenvalue weighted by Crippen LogP contribution is -2.19. The van der Waals surface area contributed by atoms with Crippen LogP contribution in [0, 0.1) is 6.92 Å². The molecule has 4 nitrogen and oxygen atoms in total. The fourth-order valence-electron chi connectivity index (χ4n) is 4.30. The van der Waals surface area contributed by atoms with Crippen LogP contribution in [0.3, 0.4) is 0 Å². The molecule has 0 radical (unpaired) electrons. The molecular weight excluding hydrogens is 452 g/mol. The molecule has 3 aromatic carbocycles. The van der Waals surface area contributed by atoms with Crippen molar-refractivity contribution < 1.29 is 8.95 Å². The Balaban J connectivity index is 0.00000167. The first-order chi connectivity index (χ1) is 17.0. The lowest BCUT2D eigenvalue weighted by molar-refractivity contribution is 0.411. The van der Waals surface area contributed by atoms with Gasteiger partial charge in [-0.25, -0.2) is 0 Å². The van der Waals surface area contributed by atoms with Crippen molar-refractivity contribution in [2.24, 2.45) is 10.7 Å². The van der Waals surface area contributed by atoms with E-state index in [4.69, 9.17) is 15.5 Å². The lowest BCUT2D eigenvalue weighted by atomic mass is 9.96. The highest BCUT2D eigenvalue weighted by molar-refractivity contribution is 7.84. The first-order valence-corrected chi connectivity index (χ1v) is 13.9. The molecule has 1 atom stereocenters. The molecule has 0 spiro atoms. The van der Waals surface area contributed by atoms with E-state index in [0.717, 1.165) is 45.7 Å². The summed E-state index contributed by atoms with van der Waals surface area (Å²) in [6.07, 6.45) is 5.99. The van der Waals surface area contributed by atoms with Crippen molar-refractivity contribution in [2.75, 3.05) is 7.11 Å². The zero-order chi connectivity index (χ0) is 25.2. The molecule has 1 saturated carbocycles. The van der Waals surface area contributed by atoms with Crippen LogP contribution < -0.4 is 10.5 Å². The van der Waals surface area contributed by atoms with Gasteiger partial charge in [-0.15, -0.1) is 0 Å². The van der Waals surface area contributed by atoms with E-state index in [2.05, 4.69) is 37.3 Å². The number of nitrogens with zero attached hydrogens (tertiary/aromatic N) is 1. The third-order valence-corrected chi connectivity index (χ3v) is 7.63. The molecule has 3 aromatic rings. The van der Waals surface area contributed by atoms with Crippen molar-refractivity contribution in [1.29, 1.82) is 0 Å². The van der Waals surface area contributed by atoms with E-state index in [-0.39, 0.29) is 0 Å². The lowest BCUT2D eigenvalue weighted by Gasteiger charge is -2.18. The van der Waals surface area contributed by atoms with Crippen LogP contribution >= 0.6 is 0 Å². The van der Waals surface area contributed by atoms with E-state index < -0.39 is 10.8 Å². The Morgan fingerprint density at radius 2 is 1.57 bits per heavy atom. The number of hydrogen-bond donors (Lipinski definition) is 1. The number of hydrogen-bond acceptors (Lipinski definition) is 3. The van der Waals surface area contributed by atoms with Crippen LogP contribution in [0.5, 0.6) is 5.75 Å². The van der Waals surface area contributed by atoms with Gasteiger partial charge in [0.1, 0.15) is 11.6 Å². The normalized spacial score (nSPS) is 15.1. The summed E-state index contributed by atoms with van der Waals surface area (Å²) in [5.74, 6) is 1.71. The Morgan fingerprint density at radius 1 is 0.943 bits per heavy atom. The molecule has 1 aliphatic carbocycles. The summed E-state index contributed by atoms with van der Waals surface area (Å²) in [4.78, 5) is 5.49. The van der Waals surface area contributed by atoms with Gasteiger partial charge >= 0.3 is 0 Å². The second kappa shape index (κ2) is 13.2. The summed E-state index contributed by atoms with van der Waals surface area (Å²) < 4.78 is 18.7. The number of methoxy groups -OCH3 is 1. The quantitative estimate of drug-likeness (QED) is 0.285. The van der Waals surface area contributed by atoms with Crippen LogP contribution in [0.25, 0.3) is 11.1 Å². The second-order valence-corrected chi connectivity index (χ2v) is 10.2. The summed E-state index contributed by atoms with van der Waals surface area (Å²) in [7, 11) is 0.446. The molecule has 1 fully saturated rings. The topological polar surface area (TPSA) is 64.7 Å². The standard InChI is InChI=1S/C28H32N2O2S.C2H6/c1-20-8-10-21(11-9-20)23-14-17-27(32-2)24(18-23)19-33(31)26-15-12-22(13-16-26)28(29)30-25-6-4-3-5-7-25;1-2/h8-18,25H,3-7,19H2,1-2H3,(H2,29,30);1-2H3. The van der Waals surface area contributed by atoms with Gasteiger partial charge in [0.05, 0.1) is 29.7 Å². The number of benzene rings is 3. The summed E-state index contributed by atoms with van der Waals surface area (Å²) in [5, 5.41) is 0. The van der Waals surface area contributed by atoms with Crippen molar-refractivity contribution in [1.82, 2.24) is 0 Å². The van der Waals surface area contributed by atoms with Gasteiger partial charge in [-0.3, -0.25) is 9.20 Å². The number of amidine groups is 1. The predicted molar refractivity (Wildman–Crippen MR) is 149 cm³/mol. The Morgan fingerprint density at radius 3 is 2.20 bits per heavy atom. The summed E-state index contributed by atoms with van der Waals surface area (Å²) in [6, 6.07) is 22.5. The van der Waals surface area contributed by atoms with E-state index in [1.54, 1.807) is 7.11 Å². The monoisotopic (exact) mass is 490 g/mol.